The summed E-state index contributed by atoms with van der Waals surface area (Å²) in [6.07, 6.45) is 10.6. The number of halogens is 1. The quantitative estimate of drug-likeness (QED) is 0.173. The zero-order valence-corrected chi connectivity index (χ0v) is 18.9. The van der Waals surface area contributed by atoms with E-state index < -0.39 is 0 Å². The number of nitrogens with zero attached hydrogens (tertiary/aromatic N) is 5. The summed E-state index contributed by atoms with van der Waals surface area (Å²) in [6, 6.07) is 5.96. The number of fused-ring (bicyclic) bond motifs is 1. The first-order valence-corrected chi connectivity index (χ1v) is 9.65. The van der Waals surface area contributed by atoms with Gasteiger partial charge in [0.05, 0.1) is 0 Å². The van der Waals surface area contributed by atoms with E-state index >= 15 is 0 Å². The number of guanidine groups is 1. The lowest BCUT2D eigenvalue weighted by Crippen LogP contribution is -2.39. The van der Waals surface area contributed by atoms with Crippen LogP contribution in [0.25, 0.3) is 5.65 Å². The number of hydrogen-bond acceptors (Lipinski definition) is 3. The van der Waals surface area contributed by atoms with Gasteiger partial charge in [-0.25, -0.2) is 0 Å². The summed E-state index contributed by atoms with van der Waals surface area (Å²) in [6.45, 7) is 8.57. The number of unbranched alkanes of at least 4 members (excludes halogenated alkanes) is 3. The van der Waals surface area contributed by atoms with E-state index in [-0.39, 0.29) is 24.0 Å². The van der Waals surface area contributed by atoms with Gasteiger partial charge in [-0.1, -0.05) is 18.6 Å². The highest BCUT2D eigenvalue weighted by Gasteiger charge is 2.06. The molecule has 0 amide bonds. The predicted molar refractivity (Wildman–Crippen MR) is 124 cm³/mol. The van der Waals surface area contributed by atoms with Crippen LogP contribution in [0.3, 0.4) is 0 Å². The zero-order chi connectivity index (χ0) is 18.6. The molecule has 150 valence electrons. The number of hydrogen-bond donors (Lipinski definition) is 1. The van der Waals surface area contributed by atoms with Crippen molar-refractivity contribution in [2.45, 2.75) is 45.4 Å². The average molecular weight is 484 g/mol. The van der Waals surface area contributed by atoms with E-state index in [0.29, 0.717) is 0 Å². The van der Waals surface area contributed by atoms with Crippen LogP contribution in [0.2, 0.25) is 0 Å². The van der Waals surface area contributed by atoms with Crippen molar-refractivity contribution < 1.29 is 0 Å². The fraction of sp³-hybridized carbons (Fsp3) is 0.550. The number of aliphatic imine (C=N–C) groups is 1. The zero-order valence-electron chi connectivity index (χ0n) is 16.6. The molecule has 0 unspecified atom stereocenters. The Labute approximate surface area is 180 Å². The molecule has 0 fully saturated rings. The fourth-order valence-corrected chi connectivity index (χ4v) is 2.87. The number of aryl methyl sites for hydroxylation is 1. The number of aromatic nitrogens is 3. The highest BCUT2D eigenvalue weighted by Crippen LogP contribution is 2.05. The van der Waals surface area contributed by atoms with Crippen LogP contribution < -0.4 is 5.32 Å². The molecule has 0 saturated carbocycles. The molecular formula is C20H33IN6. The third-order valence-corrected chi connectivity index (χ3v) is 4.30. The Bertz CT molecular complexity index is 697. The van der Waals surface area contributed by atoms with Gasteiger partial charge in [-0.3, -0.25) is 9.39 Å². The SMILES string of the molecule is C=CCCCCCN(C)C(=NCCCc1nnc2ccccn12)NCC.I. The van der Waals surface area contributed by atoms with Gasteiger partial charge >= 0.3 is 0 Å². The molecule has 0 aliphatic carbocycles. The predicted octanol–water partition coefficient (Wildman–Crippen LogP) is 3.92. The Morgan fingerprint density at radius 3 is 2.89 bits per heavy atom. The lowest BCUT2D eigenvalue weighted by atomic mass is 10.2. The Morgan fingerprint density at radius 2 is 2.11 bits per heavy atom. The van der Waals surface area contributed by atoms with Crippen molar-refractivity contribution in [2.24, 2.45) is 4.99 Å². The molecule has 1 N–H and O–H groups in total. The van der Waals surface area contributed by atoms with Gasteiger partial charge < -0.3 is 10.2 Å². The molecule has 7 heteroatoms. The van der Waals surface area contributed by atoms with Gasteiger partial charge in [-0.15, -0.1) is 40.8 Å². The lowest BCUT2D eigenvalue weighted by molar-refractivity contribution is 0.455. The maximum absolute atomic E-state index is 4.77. The first-order chi connectivity index (χ1) is 12.8. The smallest absolute Gasteiger partial charge is 0.193 e. The van der Waals surface area contributed by atoms with Crippen LogP contribution in [0.1, 0.15) is 44.9 Å². The molecule has 27 heavy (non-hydrogen) atoms. The second-order valence-corrected chi connectivity index (χ2v) is 6.44. The number of nitrogens with one attached hydrogen (secondary N) is 1. The van der Waals surface area contributed by atoms with E-state index in [2.05, 4.69) is 41.0 Å². The first kappa shape index (κ1) is 23.4. The summed E-state index contributed by atoms with van der Waals surface area (Å²) in [5, 5.41) is 11.9. The van der Waals surface area contributed by atoms with Crippen LogP contribution in [0, 0.1) is 0 Å². The van der Waals surface area contributed by atoms with Crippen LogP contribution in [0.5, 0.6) is 0 Å². The topological polar surface area (TPSA) is 57.8 Å². The molecular weight excluding hydrogens is 451 g/mol. The lowest BCUT2D eigenvalue weighted by Gasteiger charge is -2.22. The first-order valence-electron chi connectivity index (χ1n) is 9.65. The van der Waals surface area contributed by atoms with Crippen molar-refractivity contribution in [3.8, 4) is 0 Å². The van der Waals surface area contributed by atoms with E-state index in [1.54, 1.807) is 0 Å². The van der Waals surface area contributed by atoms with Crippen LogP contribution in [-0.2, 0) is 6.42 Å². The van der Waals surface area contributed by atoms with Gasteiger partial charge in [0.1, 0.15) is 5.82 Å². The van der Waals surface area contributed by atoms with Gasteiger partial charge in [0, 0.05) is 39.3 Å². The molecule has 0 aliphatic heterocycles. The second-order valence-electron chi connectivity index (χ2n) is 6.44. The summed E-state index contributed by atoms with van der Waals surface area (Å²) in [4.78, 5) is 6.99. The minimum absolute atomic E-state index is 0. The molecule has 2 heterocycles. The molecule has 0 spiro atoms. The summed E-state index contributed by atoms with van der Waals surface area (Å²) >= 11 is 0. The third kappa shape index (κ3) is 7.86. The molecule has 6 nitrogen and oxygen atoms in total. The van der Waals surface area contributed by atoms with Crippen LogP contribution in [0.4, 0.5) is 0 Å². The molecule has 0 saturated heterocycles. The van der Waals surface area contributed by atoms with Crippen molar-refractivity contribution in [2.75, 3.05) is 26.7 Å². The highest BCUT2D eigenvalue weighted by atomic mass is 127. The molecule has 0 aromatic carbocycles. The van der Waals surface area contributed by atoms with Gasteiger partial charge in [-0.2, -0.15) is 0 Å². The normalized spacial score (nSPS) is 11.3. The number of pyridine rings is 1. The molecule has 0 atom stereocenters. The van der Waals surface area contributed by atoms with Gasteiger partial charge in [0.2, 0.25) is 0 Å². The molecule has 2 aromatic heterocycles. The highest BCUT2D eigenvalue weighted by molar-refractivity contribution is 14.0. The Balaban J connectivity index is 0.00000364. The fourth-order valence-electron chi connectivity index (χ4n) is 2.87. The molecule has 0 bridgehead atoms. The van der Waals surface area contributed by atoms with Gasteiger partial charge in [-0.05, 0) is 44.7 Å². The minimum atomic E-state index is 0. The monoisotopic (exact) mass is 484 g/mol. The van der Waals surface area contributed by atoms with Crippen LogP contribution in [-0.4, -0.2) is 52.1 Å². The standard InChI is InChI=1S/C20H32N6.HI/c1-4-6-7-8-10-16-25(3)20(21-5-2)22-15-12-14-19-24-23-18-13-9-11-17-26(18)19;/h4,9,11,13,17H,1,5-8,10,12,14-16H2,2-3H3,(H,21,22);1H. The maximum Gasteiger partial charge on any atom is 0.193 e. The number of allylic oxidation sites excluding steroid dienone is 1. The van der Waals surface area contributed by atoms with Crippen LogP contribution >= 0.6 is 24.0 Å². The van der Waals surface area contributed by atoms with E-state index in [0.717, 1.165) is 56.3 Å². The van der Waals surface area contributed by atoms with Gasteiger partial charge in [0.25, 0.3) is 0 Å². The summed E-state index contributed by atoms with van der Waals surface area (Å²) in [7, 11) is 2.11. The largest absolute Gasteiger partial charge is 0.357 e. The Kier molecular flexibility index (Phi) is 11.7. The molecule has 2 aromatic rings. The molecule has 0 aliphatic rings. The summed E-state index contributed by atoms with van der Waals surface area (Å²) < 4.78 is 2.05. The van der Waals surface area contributed by atoms with E-state index in [1.807, 2.05) is 34.9 Å². The average Bonchev–Trinajstić information content (AvgIpc) is 3.07. The van der Waals surface area contributed by atoms with E-state index in [4.69, 9.17) is 4.99 Å². The number of rotatable bonds is 11. The summed E-state index contributed by atoms with van der Waals surface area (Å²) in [5.41, 5.74) is 0.899. The van der Waals surface area contributed by atoms with Crippen molar-refractivity contribution >= 4 is 35.6 Å². The van der Waals surface area contributed by atoms with E-state index in [9.17, 15) is 0 Å². The minimum Gasteiger partial charge on any atom is -0.357 e. The van der Waals surface area contributed by atoms with Crippen LogP contribution in [0.15, 0.2) is 42.0 Å². The Morgan fingerprint density at radius 1 is 1.26 bits per heavy atom. The van der Waals surface area contributed by atoms with E-state index in [1.165, 1.54) is 19.3 Å². The second kappa shape index (κ2) is 13.5. The van der Waals surface area contributed by atoms with Crippen molar-refractivity contribution in [3.05, 3.63) is 42.9 Å². The Hall–Kier alpha value is -1.64. The maximum atomic E-state index is 4.77. The molecule has 2 rings (SSSR count). The summed E-state index contributed by atoms with van der Waals surface area (Å²) in [5.74, 6) is 1.98. The molecule has 0 radical (unpaired) electrons. The van der Waals surface area contributed by atoms with Crippen molar-refractivity contribution in [3.63, 3.8) is 0 Å². The van der Waals surface area contributed by atoms with Crippen molar-refractivity contribution in [1.29, 1.82) is 0 Å². The van der Waals surface area contributed by atoms with Gasteiger partial charge in [0.15, 0.2) is 11.6 Å². The third-order valence-electron chi connectivity index (χ3n) is 4.30. The van der Waals surface area contributed by atoms with Crippen molar-refractivity contribution in [1.82, 2.24) is 24.8 Å².